The largest absolute Gasteiger partial charge is 0.497 e. The van der Waals surface area contributed by atoms with Gasteiger partial charge in [-0.1, -0.05) is 47.5 Å². The molecule has 2 unspecified atom stereocenters. The van der Waals surface area contributed by atoms with Crippen LogP contribution in [0.5, 0.6) is 11.5 Å². The number of hydrogen-bond acceptors (Lipinski definition) is 6. The highest BCUT2D eigenvalue weighted by Crippen LogP contribution is 2.46. The van der Waals surface area contributed by atoms with Gasteiger partial charge >= 0.3 is 6.03 Å². The molecule has 2 aliphatic rings. The maximum atomic E-state index is 14.3. The first kappa shape index (κ1) is 28.0. The summed E-state index contributed by atoms with van der Waals surface area (Å²) in [4.78, 5) is 35.3. The SMILES string of the molecule is COc1ccc(C2=NC(c3ccc(Cl)cc3)C(c3ccc(Cl)cc3)N2C(=O)N2CCNCC2=O)c(OC(C)C)c1. The fourth-order valence-electron chi connectivity index (χ4n) is 4.96. The summed E-state index contributed by atoms with van der Waals surface area (Å²) in [5, 5.41) is 4.20. The number of hydrogen-bond donors (Lipinski definition) is 1. The van der Waals surface area contributed by atoms with Gasteiger partial charge in [0.25, 0.3) is 0 Å². The van der Waals surface area contributed by atoms with E-state index in [1.54, 1.807) is 48.4 Å². The minimum absolute atomic E-state index is 0.0858. The van der Waals surface area contributed by atoms with Crippen molar-refractivity contribution in [3.63, 3.8) is 0 Å². The van der Waals surface area contributed by atoms with Crippen LogP contribution < -0.4 is 14.8 Å². The average molecular weight is 582 g/mol. The van der Waals surface area contributed by atoms with Crippen LogP contribution in [0.2, 0.25) is 10.0 Å². The van der Waals surface area contributed by atoms with Crippen LogP contribution in [-0.4, -0.2) is 60.4 Å². The zero-order valence-electron chi connectivity index (χ0n) is 22.4. The molecule has 1 N–H and O–H groups in total. The lowest BCUT2D eigenvalue weighted by Gasteiger charge is -2.35. The van der Waals surface area contributed by atoms with Gasteiger partial charge in [-0.25, -0.2) is 4.79 Å². The predicted molar refractivity (Wildman–Crippen MR) is 155 cm³/mol. The Morgan fingerprint density at radius 2 is 1.65 bits per heavy atom. The van der Waals surface area contributed by atoms with Gasteiger partial charge in [-0.3, -0.25) is 19.6 Å². The fraction of sp³-hybridized carbons (Fsp3) is 0.300. The van der Waals surface area contributed by atoms with Crippen LogP contribution in [0.3, 0.4) is 0 Å². The summed E-state index contributed by atoms with van der Waals surface area (Å²) in [5.41, 5.74) is 2.29. The molecule has 0 saturated carbocycles. The third kappa shape index (κ3) is 5.66. The Labute approximate surface area is 243 Å². The number of imide groups is 1. The van der Waals surface area contributed by atoms with Gasteiger partial charge in [-0.2, -0.15) is 0 Å². The molecule has 0 spiro atoms. The molecule has 1 fully saturated rings. The van der Waals surface area contributed by atoms with Gasteiger partial charge in [0.05, 0.1) is 31.4 Å². The van der Waals surface area contributed by atoms with Gasteiger partial charge in [0.2, 0.25) is 5.91 Å². The Kier molecular flexibility index (Phi) is 8.30. The molecule has 2 heterocycles. The Balaban J connectivity index is 1.72. The van der Waals surface area contributed by atoms with E-state index in [0.29, 0.717) is 39.5 Å². The molecule has 0 bridgehead atoms. The van der Waals surface area contributed by atoms with Crippen molar-refractivity contribution in [2.24, 2.45) is 4.99 Å². The first-order valence-corrected chi connectivity index (χ1v) is 13.8. The first-order valence-electron chi connectivity index (χ1n) is 13.0. The molecule has 5 rings (SSSR count). The Bertz CT molecular complexity index is 1430. The van der Waals surface area contributed by atoms with Gasteiger partial charge in [0, 0.05) is 29.2 Å². The first-order chi connectivity index (χ1) is 19.3. The van der Waals surface area contributed by atoms with E-state index < -0.39 is 18.1 Å². The van der Waals surface area contributed by atoms with Crippen molar-refractivity contribution in [3.05, 3.63) is 93.5 Å². The summed E-state index contributed by atoms with van der Waals surface area (Å²) in [6.45, 7) is 4.69. The highest BCUT2D eigenvalue weighted by Gasteiger charge is 2.45. The Hall–Kier alpha value is -3.59. The van der Waals surface area contributed by atoms with Gasteiger partial charge in [-0.15, -0.1) is 0 Å². The molecule has 2 atom stereocenters. The molecule has 3 aromatic carbocycles. The van der Waals surface area contributed by atoms with E-state index in [2.05, 4.69) is 5.32 Å². The summed E-state index contributed by atoms with van der Waals surface area (Å²) in [7, 11) is 1.58. The number of amidine groups is 1. The third-order valence-electron chi connectivity index (χ3n) is 6.81. The Morgan fingerprint density at radius 1 is 1.00 bits per heavy atom. The number of nitrogens with one attached hydrogen (secondary N) is 1. The van der Waals surface area contributed by atoms with E-state index in [1.807, 2.05) is 44.2 Å². The molecule has 0 radical (unpaired) electrons. The van der Waals surface area contributed by atoms with E-state index in [1.165, 1.54) is 4.90 Å². The number of amides is 3. The van der Waals surface area contributed by atoms with Gasteiger partial charge in [0.1, 0.15) is 23.4 Å². The molecule has 3 amide bonds. The van der Waals surface area contributed by atoms with Crippen LogP contribution in [0.15, 0.2) is 71.7 Å². The third-order valence-corrected chi connectivity index (χ3v) is 7.31. The smallest absolute Gasteiger partial charge is 0.333 e. The minimum atomic E-state index is -0.572. The van der Waals surface area contributed by atoms with E-state index >= 15 is 0 Å². The lowest BCUT2D eigenvalue weighted by atomic mass is 9.93. The number of methoxy groups -OCH3 is 1. The summed E-state index contributed by atoms with van der Waals surface area (Å²) in [6.07, 6.45) is -0.147. The number of halogens is 2. The average Bonchev–Trinajstić information content (AvgIpc) is 3.33. The van der Waals surface area contributed by atoms with Crippen LogP contribution in [0.1, 0.15) is 42.6 Å². The molecule has 2 aliphatic heterocycles. The monoisotopic (exact) mass is 580 g/mol. The topological polar surface area (TPSA) is 83.5 Å². The maximum Gasteiger partial charge on any atom is 0.333 e. The number of rotatable bonds is 6. The summed E-state index contributed by atoms with van der Waals surface area (Å²) in [6, 6.07) is 18.6. The molecule has 0 aliphatic carbocycles. The van der Waals surface area contributed by atoms with Crippen molar-refractivity contribution in [2.75, 3.05) is 26.7 Å². The molecular weight excluding hydrogens is 551 g/mol. The summed E-state index contributed by atoms with van der Waals surface area (Å²) < 4.78 is 11.6. The van der Waals surface area contributed by atoms with Crippen molar-refractivity contribution in [1.82, 2.24) is 15.1 Å². The van der Waals surface area contributed by atoms with E-state index in [0.717, 1.165) is 11.1 Å². The van der Waals surface area contributed by atoms with Crippen LogP contribution >= 0.6 is 23.2 Å². The second-order valence-electron chi connectivity index (χ2n) is 9.85. The molecule has 208 valence electrons. The number of carbonyl (C=O) groups excluding carboxylic acids is 2. The second kappa shape index (κ2) is 11.9. The zero-order valence-corrected chi connectivity index (χ0v) is 23.9. The van der Waals surface area contributed by atoms with Crippen LogP contribution in [0.4, 0.5) is 4.79 Å². The molecule has 1 saturated heterocycles. The molecule has 0 aromatic heterocycles. The number of benzene rings is 3. The number of aliphatic imine (C=N–C) groups is 1. The minimum Gasteiger partial charge on any atom is -0.497 e. The van der Waals surface area contributed by atoms with Crippen molar-refractivity contribution in [1.29, 1.82) is 0 Å². The van der Waals surface area contributed by atoms with Crippen LogP contribution in [-0.2, 0) is 4.79 Å². The lowest BCUT2D eigenvalue weighted by molar-refractivity contribution is -0.129. The number of nitrogens with zero attached hydrogens (tertiary/aromatic N) is 3. The van der Waals surface area contributed by atoms with Crippen molar-refractivity contribution < 1.29 is 19.1 Å². The van der Waals surface area contributed by atoms with Crippen molar-refractivity contribution in [2.45, 2.75) is 32.0 Å². The number of urea groups is 1. The van der Waals surface area contributed by atoms with Crippen molar-refractivity contribution in [3.8, 4) is 11.5 Å². The normalized spacial score (nSPS) is 19.1. The predicted octanol–water partition coefficient (Wildman–Crippen LogP) is 5.89. The van der Waals surface area contributed by atoms with E-state index in [-0.39, 0.29) is 25.1 Å². The molecule has 3 aromatic rings. The quantitative estimate of drug-likeness (QED) is 0.393. The zero-order chi connectivity index (χ0) is 28.4. The molecule has 8 nitrogen and oxygen atoms in total. The number of ether oxygens (including phenoxy) is 2. The standard InChI is InChI=1S/C30H30Cl2N4O4/c1-18(2)40-25-16-23(39-3)12-13-24(25)29-34-27(19-4-8-21(31)9-5-19)28(20-6-10-22(32)11-7-20)36(29)30(38)35-15-14-33-17-26(35)37/h4-13,16,18,27-28,33H,14-15,17H2,1-3H3. The Morgan fingerprint density at radius 3 is 2.25 bits per heavy atom. The highest BCUT2D eigenvalue weighted by molar-refractivity contribution is 6.30. The number of carbonyl (C=O) groups is 2. The van der Waals surface area contributed by atoms with Crippen LogP contribution in [0.25, 0.3) is 0 Å². The van der Waals surface area contributed by atoms with Gasteiger partial charge in [0.15, 0.2) is 0 Å². The maximum absolute atomic E-state index is 14.3. The second-order valence-corrected chi connectivity index (χ2v) is 10.7. The molecule has 10 heteroatoms. The number of piperazine rings is 1. The summed E-state index contributed by atoms with van der Waals surface area (Å²) >= 11 is 12.5. The fourth-order valence-corrected chi connectivity index (χ4v) is 5.21. The van der Waals surface area contributed by atoms with Gasteiger partial charge in [-0.05, 0) is 61.4 Å². The highest BCUT2D eigenvalue weighted by atomic mass is 35.5. The van der Waals surface area contributed by atoms with Crippen molar-refractivity contribution >= 4 is 41.0 Å². The van der Waals surface area contributed by atoms with E-state index in [4.69, 9.17) is 37.7 Å². The van der Waals surface area contributed by atoms with E-state index in [9.17, 15) is 9.59 Å². The van der Waals surface area contributed by atoms with Crippen LogP contribution in [0, 0.1) is 0 Å². The summed E-state index contributed by atoms with van der Waals surface area (Å²) in [5.74, 6) is 1.23. The lowest BCUT2D eigenvalue weighted by Crippen LogP contribution is -2.56. The van der Waals surface area contributed by atoms with Gasteiger partial charge < -0.3 is 14.8 Å². The molecular formula is C30H30Cl2N4O4. The molecule has 40 heavy (non-hydrogen) atoms.